The van der Waals surface area contributed by atoms with E-state index in [4.69, 9.17) is 0 Å². The fraction of sp³-hybridized carbons (Fsp3) is 0.536. The third kappa shape index (κ3) is 7.07. The molecule has 2 aliphatic rings. The van der Waals surface area contributed by atoms with Crippen LogP contribution in [0.25, 0.3) is 11.1 Å². The van der Waals surface area contributed by atoms with Gasteiger partial charge in [-0.05, 0) is 113 Å². The number of carbonyl (C=O) groups excluding carboxylic acids is 1. The van der Waals surface area contributed by atoms with Gasteiger partial charge in [0.15, 0.2) is 0 Å². The number of anilines is 1. The number of benzene rings is 2. The van der Waals surface area contributed by atoms with Gasteiger partial charge in [-0.25, -0.2) is 0 Å². The van der Waals surface area contributed by atoms with E-state index in [1.54, 1.807) is 0 Å². The van der Waals surface area contributed by atoms with Crippen molar-refractivity contribution >= 4 is 11.6 Å². The molecule has 2 aliphatic heterocycles. The van der Waals surface area contributed by atoms with Gasteiger partial charge in [0, 0.05) is 18.2 Å². The minimum Gasteiger partial charge on any atom is -0.326 e. The van der Waals surface area contributed by atoms with Crippen molar-refractivity contribution in [2.75, 3.05) is 38.0 Å². The molecule has 4 nitrogen and oxygen atoms in total. The number of aryl methyl sites for hydroxylation is 1. The molecule has 2 heterocycles. The standard InChI is InChI=1S/C28H36F3N3O/c1-21-20-24(11-12-26(21)22-7-9-23(10-8-22)28(29,30)31)32-27(35)6-5-15-33-18-13-25(14-19-33)34-16-3-2-4-17-34/h7-12,20,25H,2-6,13-19H2,1H3,(H,32,35). The van der Waals surface area contributed by atoms with E-state index in [0.717, 1.165) is 60.9 Å². The molecule has 0 bridgehead atoms. The lowest BCUT2D eigenvalue weighted by molar-refractivity contribution is -0.137. The third-order valence-electron chi connectivity index (χ3n) is 7.38. The number of piperidine rings is 2. The highest BCUT2D eigenvalue weighted by atomic mass is 19.4. The number of rotatable bonds is 7. The second kappa shape index (κ2) is 11.6. The Morgan fingerprint density at radius 2 is 1.66 bits per heavy atom. The quantitative estimate of drug-likeness (QED) is 0.494. The molecule has 0 aromatic heterocycles. The van der Waals surface area contributed by atoms with Crippen LogP contribution in [0.2, 0.25) is 0 Å². The lowest BCUT2D eigenvalue weighted by Crippen LogP contribution is -2.46. The molecule has 0 atom stereocenters. The van der Waals surface area contributed by atoms with Crippen LogP contribution < -0.4 is 5.32 Å². The molecule has 0 spiro atoms. The third-order valence-corrected chi connectivity index (χ3v) is 7.38. The molecular weight excluding hydrogens is 451 g/mol. The van der Waals surface area contributed by atoms with Crippen LogP contribution in [-0.2, 0) is 11.0 Å². The summed E-state index contributed by atoms with van der Waals surface area (Å²) < 4.78 is 38.4. The zero-order valence-electron chi connectivity index (χ0n) is 20.5. The molecule has 2 saturated heterocycles. The average molecular weight is 488 g/mol. The Hall–Kier alpha value is -2.38. The van der Waals surface area contributed by atoms with E-state index in [2.05, 4.69) is 15.1 Å². The van der Waals surface area contributed by atoms with Crippen LogP contribution in [0.5, 0.6) is 0 Å². The Morgan fingerprint density at radius 3 is 2.29 bits per heavy atom. The van der Waals surface area contributed by atoms with Gasteiger partial charge in [-0.3, -0.25) is 4.79 Å². The molecule has 0 aliphatic carbocycles. The Morgan fingerprint density at radius 1 is 0.971 bits per heavy atom. The fourth-order valence-corrected chi connectivity index (χ4v) is 5.38. The molecule has 2 aromatic rings. The van der Waals surface area contributed by atoms with Gasteiger partial charge in [-0.2, -0.15) is 13.2 Å². The summed E-state index contributed by atoms with van der Waals surface area (Å²) in [6.07, 6.45) is 3.49. The van der Waals surface area contributed by atoms with E-state index < -0.39 is 11.7 Å². The predicted octanol–water partition coefficient (Wildman–Crippen LogP) is 6.35. The van der Waals surface area contributed by atoms with Crippen molar-refractivity contribution in [1.29, 1.82) is 0 Å². The van der Waals surface area contributed by atoms with Gasteiger partial charge >= 0.3 is 6.18 Å². The van der Waals surface area contributed by atoms with Gasteiger partial charge in [-0.15, -0.1) is 0 Å². The van der Waals surface area contributed by atoms with E-state index in [1.807, 2.05) is 25.1 Å². The molecule has 0 saturated carbocycles. The number of carbonyl (C=O) groups is 1. The summed E-state index contributed by atoms with van der Waals surface area (Å²) in [7, 11) is 0. The molecule has 2 aromatic carbocycles. The number of nitrogens with one attached hydrogen (secondary N) is 1. The number of alkyl halides is 3. The molecule has 35 heavy (non-hydrogen) atoms. The number of halogens is 3. The van der Waals surface area contributed by atoms with Gasteiger partial charge in [0.2, 0.25) is 5.91 Å². The normalized spacial score (nSPS) is 18.5. The van der Waals surface area contributed by atoms with Crippen molar-refractivity contribution in [2.24, 2.45) is 0 Å². The lowest BCUT2D eigenvalue weighted by atomic mass is 9.99. The summed E-state index contributed by atoms with van der Waals surface area (Å²) in [4.78, 5) is 17.6. The molecular formula is C28H36F3N3O. The maximum absolute atomic E-state index is 12.8. The molecule has 190 valence electrons. The highest BCUT2D eigenvalue weighted by molar-refractivity contribution is 5.91. The molecule has 0 unspecified atom stereocenters. The summed E-state index contributed by atoms with van der Waals surface area (Å²) in [5.41, 5.74) is 2.53. The van der Waals surface area contributed by atoms with Crippen LogP contribution in [0.3, 0.4) is 0 Å². The Labute approximate surface area is 206 Å². The van der Waals surface area contributed by atoms with Crippen LogP contribution in [0.15, 0.2) is 42.5 Å². The topological polar surface area (TPSA) is 35.6 Å². The van der Waals surface area contributed by atoms with Crippen LogP contribution in [0, 0.1) is 6.92 Å². The fourth-order valence-electron chi connectivity index (χ4n) is 5.38. The van der Waals surface area contributed by atoms with Crippen molar-refractivity contribution < 1.29 is 18.0 Å². The average Bonchev–Trinajstić information content (AvgIpc) is 2.85. The van der Waals surface area contributed by atoms with Gasteiger partial charge in [0.25, 0.3) is 0 Å². The molecule has 1 N–H and O–H groups in total. The van der Waals surface area contributed by atoms with Crippen molar-refractivity contribution in [3.8, 4) is 11.1 Å². The summed E-state index contributed by atoms with van der Waals surface area (Å²) in [5.74, 6) is -0.00474. The zero-order valence-corrected chi connectivity index (χ0v) is 20.5. The minimum atomic E-state index is -4.34. The highest BCUT2D eigenvalue weighted by Crippen LogP contribution is 2.32. The first-order valence-electron chi connectivity index (χ1n) is 12.8. The Bertz CT molecular complexity index is 976. The van der Waals surface area contributed by atoms with Crippen LogP contribution in [0.4, 0.5) is 18.9 Å². The lowest BCUT2D eigenvalue weighted by Gasteiger charge is -2.40. The minimum absolute atomic E-state index is 0.00474. The second-order valence-electron chi connectivity index (χ2n) is 9.93. The second-order valence-corrected chi connectivity index (χ2v) is 9.93. The first-order valence-corrected chi connectivity index (χ1v) is 12.8. The van der Waals surface area contributed by atoms with E-state index in [1.165, 1.54) is 57.3 Å². The summed E-state index contributed by atoms with van der Waals surface area (Å²) in [6, 6.07) is 11.4. The monoisotopic (exact) mass is 487 g/mol. The van der Waals surface area contributed by atoms with E-state index in [-0.39, 0.29) is 5.91 Å². The maximum atomic E-state index is 12.8. The molecule has 0 radical (unpaired) electrons. The number of hydrogen-bond donors (Lipinski definition) is 1. The van der Waals surface area contributed by atoms with Gasteiger partial charge in [-0.1, -0.05) is 24.6 Å². The smallest absolute Gasteiger partial charge is 0.326 e. The predicted molar refractivity (Wildman–Crippen MR) is 134 cm³/mol. The Balaban J connectivity index is 1.20. The largest absolute Gasteiger partial charge is 0.416 e. The van der Waals surface area contributed by atoms with Gasteiger partial charge in [0.05, 0.1) is 5.56 Å². The first kappa shape index (κ1) is 25.7. The number of nitrogens with zero attached hydrogens (tertiary/aromatic N) is 2. The number of likely N-dealkylation sites (tertiary alicyclic amines) is 2. The molecule has 4 rings (SSSR count). The molecule has 1 amide bonds. The first-order chi connectivity index (χ1) is 16.8. The SMILES string of the molecule is Cc1cc(NC(=O)CCCN2CCC(N3CCCCC3)CC2)ccc1-c1ccc(C(F)(F)F)cc1. The van der Waals surface area contributed by atoms with E-state index in [0.29, 0.717) is 12.1 Å². The van der Waals surface area contributed by atoms with E-state index in [9.17, 15) is 18.0 Å². The van der Waals surface area contributed by atoms with Crippen molar-refractivity contribution in [3.05, 3.63) is 53.6 Å². The van der Waals surface area contributed by atoms with Gasteiger partial charge < -0.3 is 15.1 Å². The van der Waals surface area contributed by atoms with Gasteiger partial charge in [0.1, 0.15) is 0 Å². The van der Waals surface area contributed by atoms with Crippen LogP contribution >= 0.6 is 0 Å². The number of hydrogen-bond acceptors (Lipinski definition) is 3. The zero-order chi connectivity index (χ0) is 24.8. The number of amides is 1. The summed E-state index contributed by atoms with van der Waals surface area (Å²) in [5, 5.41) is 2.97. The Kier molecular flexibility index (Phi) is 8.50. The maximum Gasteiger partial charge on any atom is 0.416 e. The molecule has 2 fully saturated rings. The summed E-state index contributed by atoms with van der Waals surface area (Å²) >= 11 is 0. The van der Waals surface area contributed by atoms with Crippen LogP contribution in [0.1, 0.15) is 56.1 Å². The van der Waals surface area contributed by atoms with Crippen molar-refractivity contribution in [3.63, 3.8) is 0 Å². The molecule has 7 heteroatoms. The van der Waals surface area contributed by atoms with Crippen molar-refractivity contribution in [1.82, 2.24) is 9.80 Å². The summed E-state index contributed by atoms with van der Waals surface area (Å²) in [6.45, 7) is 7.61. The van der Waals surface area contributed by atoms with Crippen molar-refractivity contribution in [2.45, 2.75) is 64.1 Å². The van der Waals surface area contributed by atoms with Crippen LogP contribution in [-0.4, -0.2) is 54.5 Å². The van der Waals surface area contributed by atoms with E-state index >= 15 is 0 Å². The highest BCUT2D eigenvalue weighted by Gasteiger charge is 2.30.